The molecule has 0 fully saturated rings. The number of amides is 1. The van der Waals surface area contributed by atoms with Gasteiger partial charge in [0.25, 0.3) is 0 Å². The third kappa shape index (κ3) is 4.45. The number of thiophene rings is 1. The second-order valence-corrected chi connectivity index (χ2v) is 6.84. The highest BCUT2D eigenvalue weighted by atomic mass is 32.1. The van der Waals surface area contributed by atoms with Crippen molar-refractivity contribution >= 4 is 17.2 Å². The van der Waals surface area contributed by atoms with Gasteiger partial charge in [-0.15, -0.1) is 11.3 Å². The summed E-state index contributed by atoms with van der Waals surface area (Å²) in [6.45, 7) is 5.54. The van der Waals surface area contributed by atoms with E-state index in [1.54, 1.807) is 18.3 Å². The van der Waals surface area contributed by atoms with Gasteiger partial charge in [-0.1, -0.05) is 6.07 Å². The number of aryl methyl sites for hydroxylation is 3. The summed E-state index contributed by atoms with van der Waals surface area (Å²) in [6.07, 6.45) is 2.21. The van der Waals surface area contributed by atoms with Crippen molar-refractivity contribution < 1.29 is 14.3 Å². The van der Waals surface area contributed by atoms with Crippen LogP contribution >= 0.6 is 11.3 Å². The molecule has 5 heteroatoms. The van der Waals surface area contributed by atoms with E-state index >= 15 is 0 Å². The highest BCUT2D eigenvalue weighted by Gasteiger charge is 2.28. The number of nitrogens with one attached hydrogen (secondary N) is 1. The first-order valence-electron chi connectivity index (χ1n) is 7.47. The number of carbonyl (C=O) groups is 1. The lowest BCUT2D eigenvalue weighted by atomic mass is 9.96. The maximum Gasteiger partial charge on any atom is 0.220 e. The molecule has 0 aromatic carbocycles. The van der Waals surface area contributed by atoms with Crippen molar-refractivity contribution in [1.82, 2.24) is 5.32 Å². The Labute approximate surface area is 135 Å². The maximum absolute atomic E-state index is 11.9. The SMILES string of the molecule is Cc1cc(C(C)(O)CNC(=O)CCCc2cccs2)c(C)o1. The average Bonchev–Trinajstić information content (AvgIpc) is 3.06. The van der Waals surface area contributed by atoms with Gasteiger partial charge in [0, 0.05) is 16.9 Å². The van der Waals surface area contributed by atoms with Crippen molar-refractivity contribution in [1.29, 1.82) is 0 Å². The van der Waals surface area contributed by atoms with Crippen LogP contribution < -0.4 is 5.32 Å². The van der Waals surface area contributed by atoms with Crippen LogP contribution in [0, 0.1) is 13.8 Å². The van der Waals surface area contributed by atoms with Gasteiger partial charge < -0.3 is 14.8 Å². The summed E-state index contributed by atoms with van der Waals surface area (Å²) in [5.74, 6) is 1.42. The molecular formula is C17H23NO3S. The Bertz CT molecular complexity index is 614. The summed E-state index contributed by atoms with van der Waals surface area (Å²) in [6, 6.07) is 5.92. The molecule has 0 saturated heterocycles. The van der Waals surface area contributed by atoms with E-state index in [1.165, 1.54) is 4.88 Å². The van der Waals surface area contributed by atoms with Gasteiger partial charge in [0.05, 0.1) is 6.54 Å². The molecule has 0 saturated carbocycles. The highest BCUT2D eigenvalue weighted by Crippen LogP contribution is 2.26. The molecule has 0 bridgehead atoms. The molecule has 2 aromatic heterocycles. The van der Waals surface area contributed by atoms with Gasteiger partial charge in [-0.3, -0.25) is 4.79 Å². The molecule has 2 N–H and O–H groups in total. The molecule has 120 valence electrons. The van der Waals surface area contributed by atoms with Gasteiger partial charge in [-0.05, 0) is 51.1 Å². The van der Waals surface area contributed by atoms with Gasteiger partial charge in [-0.2, -0.15) is 0 Å². The fourth-order valence-electron chi connectivity index (χ4n) is 2.50. The monoisotopic (exact) mass is 321 g/mol. The van der Waals surface area contributed by atoms with Crippen LogP contribution in [-0.4, -0.2) is 17.6 Å². The lowest BCUT2D eigenvalue weighted by Crippen LogP contribution is -2.38. The molecule has 0 aliphatic rings. The molecule has 2 aromatic rings. The largest absolute Gasteiger partial charge is 0.466 e. The molecule has 1 amide bonds. The second-order valence-electron chi connectivity index (χ2n) is 5.81. The van der Waals surface area contributed by atoms with Crippen LogP contribution in [0.25, 0.3) is 0 Å². The Kier molecular flexibility index (Phi) is 5.42. The minimum absolute atomic E-state index is 0.0327. The summed E-state index contributed by atoms with van der Waals surface area (Å²) in [5, 5.41) is 15.4. The molecule has 2 rings (SSSR count). The predicted molar refractivity (Wildman–Crippen MR) is 88.0 cm³/mol. The van der Waals surface area contributed by atoms with Crippen molar-refractivity contribution in [2.24, 2.45) is 0 Å². The second kappa shape index (κ2) is 7.11. The first-order valence-corrected chi connectivity index (χ1v) is 8.35. The van der Waals surface area contributed by atoms with E-state index in [2.05, 4.69) is 11.4 Å². The van der Waals surface area contributed by atoms with Crippen LogP contribution in [-0.2, 0) is 16.8 Å². The maximum atomic E-state index is 11.9. The van der Waals surface area contributed by atoms with E-state index in [0.29, 0.717) is 12.2 Å². The molecule has 1 atom stereocenters. The van der Waals surface area contributed by atoms with Crippen LogP contribution in [0.5, 0.6) is 0 Å². The average molecular weight is 321 g/mol. The molecule has 4 nitrogen and oxygen atoms in total. The summed E-state index contributed by atoms with van der Waals surface area (Å²) in [5.41, 5.74) is -0.394. The molecule has 0 aliphatic carbocycles. The van der Waals surface area contributed by atoms with Crippen molar-refractivity contribution in [3.8, 4) is 0 Å². The molecule has 0 spiro atoms. The normalized spacial score (nSPS) is 13.8. The molecule has 0 aliphatic heterocycles. The lowest BCUT2D eigenvalue weighted by molar-refractivity contribution is -0.122. The van der Waals surface area contributed by atoms with E-state index in [9.17, 15) is 9.90 Å². The van der Waals surface area contributed by atoms with Gasteiger partial charge in [-0.25, -0.2) is 0 Å². The van der Waals surface area contributed by atoms with Gasteiger partial charge in [0.2, 0.25) is 5.91 Å². The van der Waals surface area contributed by atoms with Crippen molar-refractivity contribution in [2.45, 2.75) is 45.6 Å². The number of aliphatic hydroxyl groups is 1. The quantitative estimate of drug-likeness (QED) is 0.822. The smallest absolute Gasteiger partial charge is 0.220 e. The van der Waals surface area contributed by atoms with E-state index in [4.69, 9.17) is 4.42 Å². The number of furan rings is 1. The van der Waals surface area contributed by atoms with E-state index in [-0.39, 0.29) is 12.5 Å². The van der Waals surface area contributed by atoms with Crippen molar-refractivity contribution in [3.05, 3.63) is 45.5 Å². The van der Waals surface area contributed by atoms with Crippen molar-refractivity contribution in [2.75, 3.05) is 6.54 Å². The van der Waals surface area contributed by atoms with Gasteiger partial charge in [0.1, 0.15) is 17.1 Å². The van der Waals surface area contributed by atoms with E-state index in [1.807, 2.05) is 31.4 Å². The third-order valence-corrected chi connectivity index (χ3v) is 4.59. The van der Waals surface area contributed by atoms with Crippen molar-refractivity contribution in [3.63, 3.8) is 0 Å². The first-order chi connectivity index (χ1) is 10.4. The molecule has 2 heterocycles. The lowest BCUT2D eigenvalue weighted by Gasteiger charge is -2.23. The van der Waals surface area contributed by atoms with Crippen LogP contribution in [0.3, 0.4) is 0 Å². The van der Waals surface area contributed by atoms with E-state index in [0.717, 1.165) is 24.2 Å². The zero-order valence-corrected chi connectivity index (χ0v) is 14.1. The Morgan fingerprint density at radius 3 is 2.82 bits per heavy atom. The van der Waals surface area contributed by atoms with Crippen LogP contribution in [0.4, 0.5) is 0 Å². The Morgan fingerprint density at radius 1 is 1.45 bits per heavy atom. The van der Waals surface area contributed by atoms with Gasteiger partial charge in [0.15, 0.2) is 0 Å². The minimum Gasteiger partial charge on any atom is -0.466 e. The molecule has 0 radical (unpaired) electrons. The molecular weight excluding hydrogens is 298 g/mol. The number of hydrogen-bond donors (Lipinski definition) is 2. The fraction of sp³-hybridized carbons (Fsp3) is 0.471. The summed E-state index contributed by atoms with van der Waals surface area (Å²) in [4.78, 5) is 13.2. The Hall–Kier alpha value is -1.59. The summed E-state index contributed by atoms with van der Waals surface area (Å²) >= 11 is 1.71. The highest BCUT2D eigenvalue weighted by molar-refractivity contribution is 7.09. The van der Waals surface area contributed by atoms with Crippen LogP contribution in [0.1, 0.15) is 41.7 Å². The first kappa shape index (κ1) is 16.8. The summed E-state index contributed by atoms with van der Waals surface area (Å²) in [7, 11) is 0. The fourth-order valence-corrected chi connectivity index (χ4v) is 3.25. The Morgan fingerprint density at radius 2 is 2.23 bits per heavy atom. The zero-order chi connectivity index (χ0) is 16.2. The number of carbonyl (C=O) groups excluding carboxylic acids is 1. The van der Waals surface area contributed by atoms with Crippen LogP contribution in [0.15, 0.2) is 28.0 Å². The van der Waals surface area contributed by atoms with Crippen LogP contribution in [0.2, 0.25) is 0 Å². The third-order valence-electron chi connectivity index (χ3n) is 3.66. The Balaban J connectivity index is 1.78. The summed E-state index contributed by atoms with van der Waals surface area (Å²) < 4.78 is 5.44. The van der Waals surface area contributed by atoms with E-state index < -0.39 is 5.60 Å². The van der Waals surface area contributed by atoms with Gasteiger partial charge >= 0.3 is 0 Å². The standard InChI is InChI=1S/C17H23NO3S/c1-12-10-15(13(2)21-12)17(3,20)11-18-16(19)8-4-6-14-7-5-9-22-14/h5,7,9-10,20H,4,6,8,11H2,1-3H3,(H,18,19). The minimum atomic E-state index is -1.12. The topological polar surface area (TPSA) is 62.5 Å². The zero-order valence-electron chi connectivity index (χ0n) is 13.3. The number of rotatable bonds is 7. The molecule has 22 heavy (non-hydrogen) atoms. The number of hydrogen-bond acceptors (Lipinski definition) is 4. The molecule has 1 unspecified atom stereocenters. The predicted octanol–water partition coefficient (Wildman–Crippen LogP) is 3.30.